The lowest BCUT2D eigenvalue weighted by atomic mass is 10.1. The van der Waals surface area contributed by atoms with Gasteiger partial charge in [-0.05, 0) is 62.6 Å². The van der Waals surface area contributed by atoms with Crippen LogP contribution in [0, 0.1) is 13.8 Å². The Kier molecular flexibility index (Phi) is 5.26. The fourth-order valence-corrected chi connectivity index (χ4v) is 3.35. The summed E-state index contributed by atoms with van der Waals surface area (Å²) >= 11 is 0. The van der Waals surface area contributed by atoms with Crippen molar-refractivity contribution in [2.45, 2.75) is 33.2 Å². The van der Waals surface area contributed by atoms with E-state index in [2.05, 4.69) is 11.4 Å². The average Bonchev–Trinajstić information content (AvgIpc) is 2.95. The minimum absolute atomic E-state index is 0.0720. The number of ether oxygens (including phenoxy) is 1. The summed E-state index contributed by atoms with van der Waals surface area (Å²) in [7, 11) is 0. The topological polar surface area (TPSA) is 58.6 Å². The van der Waals surface area contributed by atoms with Gasteiger partial charge in [0, 0.05) is 12.2 Å². The van der Waals surface area contributed by atoms with Crippen molar-refractivity contribution in [2.24, 2.45) is 0 Å². The molecule has 0 radical (unpaired) electrons. The Morgan fingerprint density at radius 1 is 1.19 bits per heavy atom. The second-order valence-electron chi connectivity index (χ2n) is 6.58. The number of rotatable bonds is 5. The number of hydrogen-bond acceptors (Lipinski definition) is 3. The molecule has 136 valence electrons. The fourth-order valence-electron chi connectivity index (χ4n) is 3.35. The van der Waals surface area contributed by atoms with Gasteiger partial charge in [-0.3, -0.25) is 9.59 Å². The molecule has 1 heterocycles. The maximum absolute atomic E-state index is 12.8. The van der Waals surface area contributed by atoms with Crippen LogP contribution in [0.3, 0.4) is 0 Å². The summed E-state index contributed by atoms with van der Waals surface area (Å²) in [6, 6.07) is 12.6. The highest BCUT2D eigenvalue weighted by Crippen LogP contribution is 2.25. The molecule has 1 fully saturated rings. The van der Waals surface area contributed by atoms with Crippen LogP contribution in [-0.4, -0.2) is 31.0 Å². The number of anilines is 1. The lowest BCUT2D eigenvalue weighted by Gasteiger charge is -2.19. The Labute approximate surface area is 154 Å². The molecule has 0 aliphatic carbocycles. The Morgan fingerprint density at radius 3 is 2.58 bits per heavy atom. The predicted molar refractivity (Wildman–Crippen MR) is 102 cm³/mol. The van der Waals surface area contributed by atoms with Gasteiger partial charge in [0.1, 0.15) is 11.8 Å². The van der Waals surface area contributed by atoms with Gasteiger partial charge in [-0.1, -0.05) is 18.2 Å². The Bertz CT molecular complexity index is 812. The number of carbonyl (C=O) groups is 2. The molecule has 3 rings (SSSR count). The van der Waals surface area contributed by atoms with E-state index in [0.717, 1.165) is 16.8 Å². The average molecular weight is 352 g/mol. The fraction of sp³-hybridized carbons (Fsp3) is 0.333. The number of carbonyl (C=O) groups excluding carboxylic acids is 2. The van der Waals surface area contributed by atoms with E-state index in [1.54, 1.807) is 23.1 Å². The van der Waals surface area contributed by atoms with Crippen LogP contribution < -0.4 is 15.0 Å². The van der Waals surface area contributed by atoms with Crippen molar-refractivity contribution in [2.75, 3.05) is 18.1 Å². The molecule has 5 heteroatoms. The molecule has 26 heavy (non-hydrogen) atoms. The molecule has 5 nitrogen and oxygen atoms in total. The smallest absolute Gasteiger partial charge is 0.255 e. The number of hydrogen-bond donors (Lipinski definition) is 1. The summed E-state index contributed by atoms with van der Waals surface area (Å²) in [5.41, 5.74) is 3.57. The van der Waals surface area contributed by atoms with Gasteiger partial charge < -0.3 is 15.0 Å². The van der Waals surface area contributed by atoms with Crippen LogP contribution in [0.1, 0.15) is 34.8 Å². The molecular formula is C21H24N2O3. The zero-order valence-corrected chi connectivity index (χ0v) is 15.4. The zero-order chi connectivity index (χ0) is 18.7. The molecule has 0 spiro atoms. The second kappa shape index (κ2) is 7.60. The van der Waals surface area contributed by atoms with Crippen molar-refractivity contribution in [1.82, 2.24) is 5.32 Å². The van der Waals surface area contributed by atoms with Crippen LogP contribution in [0.5, 0.6) is 5.75 Å². The van der Waals surface area contributed by atoms with Crippen molar-refractivity contribution < 1.29 is 14.3 Å². The van der Waals surface area contributed by atoms with Crippen molar-refractivity contribution in [3.63, 3.8) is 0 Å². The first-order valence-electron chi connectivity index (χ1n) is 8.92. The standard InChI is InChI=1S/C21H24N2O3/c1-4-26-19-8-6-5-7-17(19)20(24)22-18-9-10-23(21(18)25)16-12-14(2)11-15(3)13-16/h5-8,11-13,18H,4,9-10H2,1-3H3,(H,22,24)/t18-/m0/s1. The highest BCUT2D eigenvalue weighted by atomic mass is 16.5. The van der Waals surface area contributed by atoms with Crippen molar-refractivity contribution >= 4 is 17.5 Å². The third-order valence-electron chi connectivity index (χ3n) is 4.46. The monoisotopic (exact) mass is 352 g/mol. The van der Waals surface area contributed by atoms with Gasteiger partial charge in [0.25, 0.3) is 5.91 Å². The van der Waals surface area contributed by atoms with E-state index in [1.807, 2.05) is 39.0 Å². The normalized spacial score (nSPS) is 16.7. The molecule has 0 aromatic heterocycles. The molecule has 2 amide bonds. The molecule has 0 bridgehead atoms. The van der Waals surface area contributed by atoms with E-state index in [-0.39, 0.29) is 11.8 Å². The first-order chi connectivity index (χ1) is 12.5. The zero-order valence-electron chi connectivity index (χ0n) is 15.4. The Hall–Kier alpha value is -2.82. The van der Waals surface area contributed by atoms with Crippen LogP contribution in [-0.2, 0) is 4.79 Å². The van der Waals surface area contributed by atoms with E-state index in [0.29, 0.717) is 30.9 Å². The quantitative estimate of drug-likeness (QED) is 0.899. The van der Waals surface area contributed by atoms with Gasteiger partial charge in [0.05, 0.1) is 12.2 Å². The summed E-state index contributed by atoms with van der Waals surface area (Å²) in [6.07, 6.45) is 0.592. The van der Waals surface area contributed by atoms with E-state index in [9.17, 15) is 9.59 Å². The lowest BCUT2D eigenvalue weighted by molar-refractivity contribution is -0.118. The molecular weight excluding hydrogens is 328 g/mol. The molecule has 1 aliphatic rings. The number of para-hydroxylation sites is 1. The largest absolute Gasteiger partial charge is 0.493 e. The van der Waals surface area contributed by atoms with Gasteiger partial charge in [0.2, 0.25) is 5.91 Å². The number of amides is 2. The van der Waals surface area contributed by atoms with Crippen LogP contribution in [0.2, 0.25) is 0 Å². The van der Waals surface area contributed by atoms with Crippen LogP contribution in [0.15, 0.2) is 42.5 Å². The molecule has 2 aromatic rings. The summed E-state index contributed by atoms with van der Waals surface area (Å²) in [5.74, 6) is 0.177. The van der Waals surface area contributed by atoms with Crippen molar-refractivity contribution in [3.05, 3.63) is 59.2 Å². The number of aryl methyl sites for hydroxylation is 2. The van der Waals surface area contributed by atoms with E-state index in [4.69, 9.17) is 4.74 Å². The van der Waals surface area contributed by atoms with Crippen molar-refractivity contribution in [3.8, 4) is 5.75 Å². The van der Waals surface area contributed by atoms with Gasteiger partial charge in [-0.15, -0.1) is 0 Å². The van der Waals surface area contributed by atoms with E-state index < -0.39 is 6.04 Å². The molecule has 1 N–H and O–H groups in total. The summed E-state index contributed by atoms with van der Waals surface area (Å²) in [5, 5.41) is 2.86. The van der Waals surface area contributed by atoms with Crippen LogP contribution >= 0.6 is 0 Å². The summed E-state index contributed by atoms with van der Waals surface area (Å²) in [6.45, 7) is 6.98. The van der Waals surface area contributed by atoms with Gasteiger partial charge in [-0.25, -0.2) is 0 Å². The molecule has 2 aromatic carbocycles. The summed E-state index contributed by atoms with van der Waals surface area (Å²) in [4.78, 5) is 27.2. The highest BCUT2D eigenvalue weighted by Gasteiger charge is 2.34. The van der Waals surface area contributed by atoms with E-state index in [1.165, 1.54) is 0 Å². The van der Waals surface area contributed by atoms with Gasteiger partial charge >= 0.3 is 0 Å². The molecule has 0 unspecified atom stereocenters. The highest BCUT2D eigenvalue weighted by molar-refractivity contribution is 6.04. The lowest BCUT2D eigenvalue weighted by Crippen LogP contribution is -2.41. The minimum Gasteiger partial charge on any atom is -0.493 e. The second-order valence-corrected chi connectivity index (χ2v) is 6.58. The third kappa shape index (κ3) is 3.72. The Morgan fingerprint density at radius 2 is 1.88 bits per heavy atom. The van der Waals surface area contributed by atoms with Gasteiger partial charge in [-0.2, -0.15) is 0 Å². The SMILES string of the molecule is CCOc1ccccc1C(=O)N[C@H]1CCN(c2cc(C)cc(C)c2)C1=O. The minimum atomic E-state index is -0.516. The van der Waals surface area contributed by atoms with Gasteiger partial charge in [0.15, 0.2) is 0 Å². The van der Waals surface area contributed by atoms with Crippen molar-refractivity contribution in [1.29, 1.82) is 0 Å². The number of nitrogens with zero attached hydrogens (tertiary/aromatic N) is 1. The summed E-state index contributed by atoms with van der Waals surface area (Å²) < 4.78 is 5.51. The Balaban J connectivity index is 1.74. The third-order valence-corrected chi connectivity index (χ3v) is 4.46. The van der Waals surface area contributed by atoms with E-state index >= 15 is 0 Å². The number of nitrogens with one attached hydrogen (secondary N) is 1. The molecule has 1 saturated heterocycles. The maximum Gasteiger partial charge on any atom is 0.255 e. The van der Waals surface area contributed by atoms with Crippen LogP contribution in [0.25, 0.3) is 0 Å². The van der Waals surface area contributed by atoms with Crippen LogP contribution in [0.4, 0.5) is 5.69 Å². The number of benzene rings is 2. The predicted octanol–water partition coefficient (Wildman–Crippen LogP) is 3.24. The molecule has 0 saturated carbocycles. The first kappa shape index (κ1) is 18.0. The first-order valence-corrected chi connectivity index (χ1v) is 8.92. The maximum atomic E-state index is 12.8. The molecule has 1 aliphatic heterocycles. The molecule has 1 atom stereocenters.